The van der Waals surface area contributed by atoms with Gasteiger partial charge in [-0.1, -0.05) is 0 Å². The standard InChI is InChI=1S/C25H29FN8O/c1-17-14-33(24-3-2-19(9-27)34-25(24)22(26)12-30-34)16-21(35-17)15-31-4-6-32(7-5-31)20-8-18-10-28-13-23(18)29-11-20/h2-3,8,11-12,17,21,28H,4-7,10,13-16H2,1H3. The van der Waals surface area contributed by atoms with E-state index in [1.807, 2.05) is 12.3 Å². The number of nitrogens with one attached hydrogen (secondary N) is 1. The van der Waals surface area contributed by atoms with Gasteiger partial charge < -0.3 is 19.9 Å². The van der Waals surface area contributed by atoms with E-state index in [1.165, 1.54) is 22.0 Å². The minimum Gasteiger partial charge on any atom is -0.370 e. The van der Waals surface area contributed by atoms with Crippen molar-refractivity contribution in [1.82, 2.24) is 24.8 Å². The Morgan fingerprint density at radius 3 is 2.83 bits per heavy atom. The highest BCUT2D eigenvalue weighted by Crippen LogP contribution is 2.29. The summed E-state index contributed by atoms with van der Waals surface area (Å²) in [5, 5.41) is 16.8. The summed E-state index contributed by atoms with van der Waals surface area (Å²) in [6.07, 6.45) is 3.20. The molecule has 0 aliphatic carbocycles. The molecule has 0 bridgehead atoms. The van der Waals surface area contributed by atoms with Crippen molar-refractivity contribution >= 4 is 16.9 Å². The van der Waals surface area contributed by atoms with E-state index < -0.39 is 5.82 Å². The first-order valence-corrected chi connectivity index (χ1v) is 12.2. The van der Waals surface area contributed by atoms with Crippen molar-refractivity contribution < 1.29 is 9.13 Å². The van der Waals surface area contributed by atoms with Gasteiger partial charge in [0.15, 0.2) is 5.82 Å². The Hall–Kier alpha value is -3.26. The highest BCUT2D eigenvalue weighted by atomic mass is 19.1. The van der Waals surface area contributed by atoms with E-state index in [0.717, 1.165) is 57.2 Å². The van der Waals surface area contributed by atoms with Crippen LogP contribution < -0.4 is 15.1 Å². The summed E-state index contributed by atoms with van der Waals surface area (Å²) in [7, 11) is 0. The Bertz CT molecular complexity index is 1280. The smallest absolute Gasteiger partial charge is 0.171 e. The largest absolute Gasteiger partial charge is 0.370 e. The molecule has 0 amide bonds. The zero-order chi connectivity index (χ0) is 23.9. The van der Waals surface area contributed by atoms with Gasteiger partial charge in [-0.15, -0.1) is 0 Å². The van der Waals surface area contributed by atoms with Crippen LogP contribution in [0.3, 0.4) is 0 Å². The van der Waals surface area contributed by atoms with Crippen LogP contribution in [-0.2, 0) is 17.8 Å². The summed E-state index contributed by atoms with van der Waals surface area (Å²) in [5.74, 6) is -0.416. The summed E-state index contributed by atoms with van der Waals surface area (Å²) in [5.41, 5.74) is 5.09. The Kier molecular flexibility index (Phi) is 5.76. The number of anilines is 2. The molecular weight excluding hydrogens is 447 g/mol. The molecule has 10 heteroatoms. The average molecular weight is 477 g/mol. The average Bonchev–Trinajstić information content (AvgIpc) is 3.50. The lowest BCUT2D eigenvalue weighted by molar-refractivity contribution is -0.0327. The Labute approximate surface area is 203 Å². The predicted octanol–water partition coefficient (Wildman–Crippen LogP) is 1.76. The summed E-state index contributed by atoms with van der Waals surface area (Å²) < 4.78 is 22.3. The number of pyridine rings is 2. The third-order valence-corrected chi connectivity index (χ3v) is 7.23. The fourth-order valence-electron chi connectivity index (χ4n) is 5.54. The van der Waals surface area contributed by atoms with Crippen molar-refractivity contribution in [3.8, 4) is 6.07 Å². The van der Waals surface area contributed by atoms with Gasteiger partial charge in [-0.2, -0.15) is 10.4 Å². The van der Waals surface area contributed by atoms with Crippen LogP contribution in [-0.4, -0.2) is 77.5 Å². The molecule has 3 aromatic heterocycles. The number of piperazine rings is 1. The molecule has 2 atom stereocenters. The second-order valence-corrected chi connectivity index (χ2v) is 9.63. The number of morpholine rings is 1. The highest BCUT2D eigenvalue weighted by molar-refractivity contribution is 5.74. The van der Waals surface area contributed by atoms with Crippen LogP contribution >= 0.6 is 0 Å². The number of ether oxygens (including phenoxy) is 1. The lowest BCUT2D eigenvalue weighted by atomic mass is 10.1. The van der Waals surface area contributed by atoms with Crippen molar-refractivity contribution in [1.29, 1.82) is 5.26 Å². The van der Waals surface area contributed by atoms with Gasteiger partial charge in [0.2, 0.25) is 0 Å². The highest BCUT2D eigenvalue weighted by Gasteiger charge is 2.30. The fraction of sp³-hybridized carbons (Fsp3) is 0.480. The van der Waals surface area contributed by atoms with Gasteiger partial charge in [0.05, 0.1) is 41.7 Å². The SMILES string of the molecule is CC1CN(c2ccc(C#N)n3ncc(F)c23)CC(CN2CCN(c3cnc4c(c3)CNC4)CC2)O1. The lowest BCUT2D eigenvalue weighted by Crippen LogP contribution is -2.54. The fourth-order valence-corrected chi connectivity index (χ4v) is 5.54. The lowest BCUT2D eigenvalue weighted by Gasteiger charge is -2.42. The summed E-state index contributed by atoms with van der Waals surface area (Å²) in [6.45, 7) is 9.81. The van der Waals surface area contributed by atoms with Gasteiger partial charge in [0.1, 0.15) is 17.3 Å². The number of nitriles is 1. The van der Waals surface area contributed by atoms with Crippen LogP contribution in [0.5, 0.6) is 0 Å². The van der Waals surface area contributed by atoms with Crippen molar-refractivity contribution in [2.24, 2.45) is 0 Å². The molecule has 2 fully saturated rings. The van der Waals surface area contributed by atoms with Gasteiger partial charge in [-0.3, -0.25) is 9.88 Å². The van der Waals surface area contributed by atoms with Crippen LogP contribution in [0, 0.1) is 17.1 Å². The van der Waals surface area contributed by atoms with Crippen molar-refractivity contribution in [2.45, 2.75) is 32.2 Å². The van der Waals surface area contributed by atoms with Crippen LogP contribution in [0.15, 0.2) is 30.6 Å². The first kappa shape index (κ1) is 22.2. The van der Waals surface area contributed by atoms with Gasteiger partial charge in [-0.05, 0) is 30.7 Å². The Morgan fingerprint density at radius 2 is 2.00 bits per heavy atom. The normalized spacial score (nSPS) is 23.0. The second kappa shape index (κ2) is 9.07. The summed E-state index contributed by atoms with van der Waals surface area (Å²) in [4.78, 5) is 11.7. The monoisotopic (exact) mass is 476 g/mol. The van der Waals surface area contributed by atoms with Crippen LogP contribution in [0.4, 0.5) is 15.8 Å². The summed E-state index contributed by atoms with van der Waals surface area (Å²) in [6, 6.07) is 7.89. The Balaban J connectivity index is 1.12. The maximum atomic E-state index is 14.6. The first-order valence-electron chi connectivity index (χ1n) is 12.2. The minimum absolute atomic E-state index is 0.0136. The van der Waals surface area contributed by atoms with Crippen LogP contribution in [0.2, 0.25) is 0 Å². The second-order valence-electron chi connectivity index (χ2n) is 9.63. The van der Waals surface area contributed by atoms with E-state index in [1.54, 1.807) is 6.07 Å². The van der Waals surface area contributed by atoms with E-state index in [-0.39, 0.29) is 12.2 Å². The first-order chi connectivity index (χ1) is 17.1. The quantitative estimate of drug-likeness (QED) is 0.610. The maximum Gasteiger partial charge on any atom is 0.171 e. The molecule has 182 valence electrons. The molecule has 2 unspecified atom stereocenters. The van der Waals surface area contributed by atoms with Gasteiger partial charge in [0, 0.05) is 58.9 Å². The maximum absolute atomic E-state index is 14.6. The van der Waals surface area contributed by atoms with E-state index in [0.29, 0.717) is 24.3 Å². The number of hydrogen-bond acceptors (Lipinski definition) is 8. The number of hydrogen-bond donors (Lipinski definition) is 1. The van der Waals surface area contributed by atoms with E-state index in [9.17, 15) is 9.65 Å². The predicted molar refractivity (Wildman–Crippen MR) is 130 cm³/mol. The zero-order valence-electron chi connectivity index (χ0n) is 19.8. The van der Waals surface area contributed by atoms with Gasteiger partial charge >= 0.3 is 0 Å². The third kappa shape index (κ3) is 4.20. The molecule has 3 aliphatic heterocycles. The molecule has 0 aromatic carbocycles. The molecule has 1 N–H and O–H groups in total. The number of aromatic nitrogens is 3. The molecule has 3 aliphatic rings. The molecule has 0 spiro atoms. The van der Waals surface area contributed by atoms with E-state index >= 15 is 0 Å². The zero-order valence-corrected chi connectivity index (χ0v) is 19.8. The van der Waals surface area contributed by atoms with E-state index in [4.69, 9.17) is 4.74 Å². The number of halogens is 1. The van der Waals surface area contributed by atoms with Crippen LogP contribution in [0.1, 0.15) is 23.9 Å². The molecule has 6 rings (SSSR count). The van der Waals surface area contributed by atoms with Crippen molar-refractivity contribution in [3.63, 3.8) is 0 Å². The molecule has 6 heterocycles. The molecule has 2 saturated heterocycles. The number of rotatable bonds is 4. The molecule has 0 radical (unpaired) electrons. The molecule has 35 heavy (non-hydrogen) atoms. The van der Waals surface area contributed by atoms with Gasteiger partial charge in [0.25, 0.3) is 0 Å². The molecular formula is C25H29FN8O. The topological polar surface area (TPSA) is 85.0 Å². The Morgan fingerprint density at radius 1 is 1.14 bits per heavy atom. The minimum atomic E-state index is -0.416. The molecule has 3 aromatic rings. The van der Waals surface area contributed by atoms with Crippen molar-refractivity contribution in [3.05, 3.63) is 53.4 Å². The van der Waals surface area contributed by atoms with Crippen molar-refractivity contribution in [2.75, 3.05) is 55.6 Å². The number of nitrogens with zero attached hydrogens (tertiary/aromatic N) is 7. The molecule has 0 saturated carbocycles. The van der Waals surface area contributed by atoms with Crippen LogP contribution in [0.25, 0.3) is 5.52 Å². The summed E-state index contributed by atoms with van der Waals surface area (Å²) >= 11 is 0. The van der Waals surface area contributed by atoms with Gasteiger partial charge in [-0.25, -0.2) is 8.91 Å². The third-order valence-electron chi connectivity index (χ3n) is 7.23. The number of fused-ring (bicyclic) bond motifs is 2. The molecule has 9 nitrogen and oxygen atoms in total. The van der Waals surface area contributed by atoms with E-state index in [2.05, 4.69) is 49.2 Å².